The number of rotatable bonds is 4. The fraction of sp³-hybridized carbons (Fsp3) is 0. The molecule has 0 fully saturated rings. The van der Waals surface area contributed by atoms with E-state index in [2.05, 4.69) is 26.2 Å². The molecule has 0 bridgehead atoms. The lowest BCUT2D eigenvalue weighted by molar-refractivity contribution is 0.102. The Balaban J connectivity index is 1.65. The number of hydrogen-bond donors (Lipinski definition) is 1. The third kappa shape index (κ3) is 4.01. The second kappa shape index (κ2) is 8.00. The summed E-state index contributed by atoms with van der Waals surface area (Å²) >= 11 is 9.35. The quantitative estimate of drug-likeness (QED) is 0.375. The summed E-state index contributed by atoms with van der Waals surface area (Å²) in [6, 6.07) is 21.9. The number of carbonyl (C=O) groups excluding carboxylic acids is 1. The van der Waals surface area contributed by atoms with E-state index in [4.69, 9.17) is 16.0 Å². The van der Waals surface area contributed by atoms with E-state index < -0.39 is 0 Å². The van der Waals surface area contributed by atoms with Crippen LogP contribution in [-0.4, -0.2) is 10.9 Å². The molecule has 1 heterocycles. The van der Waals surface area contributed by atoms with Gasteiger partial charge in [0.2, 0.25) is 5.89 Å². The van der Waals surface area contributed by atoms with Crippen LogP contribution >= 0.6 is 27.5 Å². The summed E-state index contributed by atoms with van der Waals surface area (Å²) in [4.78, 5) is 17.2. The molecular formula is C22H14BrClN2O2. The average Bonchev–Trinajstić information content (AvgIpc) is 3.20. The molecule has 1 N–H and O–H groups in total. The molecule has 0 aliphatic carbocycles. The van der Waals surface area contributed by atoms with Gasteiger partial charge in [-0.15, -0.1) is 0 Å². The zero-order chi connectivity index (χ0) is 19.5. The molecule has 4 rings (SSSR count). The highest BCUT2D eigenvalue weighted by Gasteiger charge is 2.17. The predicted molar refractivity (Wildman–Crippen MR) is 114 cm³/mol. The van der Waals surface area contributed by atoms with Gasteiger partial charge >= 0.3 is 0 Å². The number of hydrogen-bond acceptors (Lipinski definition) is 3. The molecule has 6 heteroatoms. The normalized spacial score (nSPS) is 10.6. The lowest BCUT2D eigenvalue weighted by Gasteiger charge is -2.08. The zero-order valence-corrected chi connectivity index (χ0v) is 16.9. The molecule has 0 aliphatic heterocycles. The summed E-state index contributed by atoms with van der Waals surface area (Å²) in [5.41, 5.74) is 2.65. The van der Waals surface area contributed by atoms with Crippen molar-refractivity contribution in [2.24, 2.45) is 0 Å². The first kappa shape index (κ1) is 18.5. The number of carbonyl (C=O) groups is 1. The maximum atomic E-state index is 12.8. The van der Waals surface area contributed by atoms with Crippen molar-refractivity contribution in [3.05, 3.63) is 94.1 Å². The van der Waals surface area contributed by atoms with Gasteiger partial charge in [0, 0.05) is 26.3 Å². The van der Waals surface area contributed by atoms with Gasteiger partial charge in [-0.1, -0.05) is 51.8 Å². The van der Waals surface area contributed by atoms with Gasteiger partial charge in [0.05, 0.1) is 11.8 Å². The highest BCUT2D eigenvalue weighted by molar-refractivity contribution is 9.10. The molecule has 1 aromatic heterocycles. The molecule has 0 radical (unpaired) electrons. The summed E-state index contributed by atoms with van der Waals surface area (Å²) in [7, 11) is 0. The molecule has 0 saturated carbocycles. The molecule has 1 amide bonds. The predicted octanol–water partition coefficient (Wildman–Crippen LogP) is 6.68. The summed E-state index contributed by atoms with van der Waals surface area (Å²) in [6.45, 7) is 0. The fourth-order valence-corrected chi connectivity index (χ4v) is 3.30. The molecular weight excluding hydrogens is 440 g/mol. The van der Waals surface area contributed by atoms with Crippen molar-refractivity contribution in [1.29, 1.82) is 0 Å². The Morgan fingerprint density at radius 3 is 2.57 bits per heavy atom. The minimum absolute atomic E-state index is 0.250. The summed E-state index contributed by atoms with van der Waals surface area (Å²) in [6.07, 6.45) is 1.66. The van der Waals surface area contributed by atoms with Crippen molar-refractivity contribution in [2.75, 3.05) is 5.32 Å². The number of anilines is 1. The summed E-state index contributed by atoms with van der Waals surface area (Å²) < 4.78 is 6.89. The van der Waals surface area contributed by atoms with Crippen LogP contribution in [0, 0.1) is 0 Å². The standard InChI is InChI=1S/C22H14BrClN2O2/c23-15-5-3-4-14(12-15)20-13-25-22(28-20)19-7-2-1-6-18(19)21(27)26-17-10-8-16(24)9-11-17/h1-13H,(H,26,27). The van der Waals surface area contributed by atoms with Gasteiger partial charge in [-0.3, -0.25) is 4.79 Å². The number of nitrogens with zero attached hydrogens (tertiary/aromatic N) is 1. The second-order valence-electron chi connectivity index (χ2n) is 6.05. The second-order valence-corrected chi connectivity index (χ2v) is 7.40. The van der Waals surface area contributed by atoms with Gasteiger partial charge in [0.15, 0.2) is 5.76 Å². The zero-order valence-electron chi connectivity index (χ0n) is 14.5. The number of amides is 1. The number of benzene rings is 3. The lowest BCUT2D eigenvalue weighted by Crippen LogP contribution is -2.13. The summed E-state index contributed by atoms with van der Waals surface area (Å²) in [5.74, 6) is 0.765. The van der Waals surface area contributed by atoms with E-state index in [1.807, 2.05) is 36.4 Å². The Hall–Kier alpha value is -2.89. The van der Waals surface area contributed by atoms with Crippen molar-refractivity contribution < 1.29 is 9.21 Å². The average molecular weight is 454 g/mol. The number of oxazole rings is 1. The van der Waals surface area contributed by atoms with Gasteiger partial charge < -0.3 is 9.73 Å². The van der Waals surface area contributed by atoms with E-state index in [9.17, 15) is 4.79 Å². The van der Waals surface area contributed by atoms with E-state index in [0.29, 0.717) is 33.5 Å². The minimum atomic E-state index is -0.250. The molecule has 0 spiro atoms. The number of nitrogens with one attached hydrogen (secondary N) is 1. The topological polar surface area (TPSA) is 55.1 Å². The van der Waals surface area contributed by atoms with Crippen LogP contribution in [-0.2, 0) is 0 Å². The van der Waals surface area contributed by atoms with Gasteiger partial charge in [-0.25, -0.2) is 4.98 Å². The van der Waals surface area contributed by atoms with E-state index in [-0.39, 0.29) is 5.91 Å². The van der Waals surface area contributed by atoms with Crippen molar-refractivity contribution >= 4 is 39.1 Å². The molecule has 4 aromatic rings. The van der Waals surface area contributed by atoms with Crippen molar-refractivity contribution in [2.45, 2.75) is 0 Å². The maximum Gasteiger partial charge on any atom is 0.256 e. The van der Waals surface area contributed by atoms with Crippen LogP contribution < -0.4 is 5.32 Å². The first-order valence-electron chi connectivity index (χ1n) is 8.48. The Labute approximate surface area is 175 Å². The molecule has 138 valence electrons. The fourth-order valence-electron chi connectivity index (χ4n) is 2.77. The van der Waals surface area contributed by atoms with E-state index >= 15 is 0 Å². The highest BCUT2D eigenvalue weighted by atomic mass is 79.9. The van der Waals surface area contributed by atoms with Crippen LogP contribution in [0.3, 0.4) is 0 Å². The minimum Gasteiger partial charge on any atom is -0.436 e. The number of aromatic nitrogens is 1. The van der Waals surface area contributed by atoms with Crippen LogP contribution in [0.5, 0.6) is 0 Å². The number of halogens is 2. The smallest absolute Gasteiger partial charge is 0.256 e. The molecule has 4 nitrogen and oxygen atoms in total. The Morgan fingerprint density at radius 2 is 1.79 bits per heavy atom. The van der Waals surface area contributed by atoms with Crippen LogP contribution in [0.4, 0.5) is 5.69 Å². The molecule has 3 aromatic carbocycles. The SMILES string of the molecule is O=C(Nc1ccc(Cl)cc1)c1ccccc1-c1ncc(-c2cccc(Br)c2)o1. The van der Waals surface area contributed by atoms with Gasteiger partial charge in [0.1, 0.15) is 0 Å². The van der Waals surface area contributed by atoms with Crippen molar-refractivity contribution in [3.8, 4) is 22.8 Å². The first-order chi connectivity index (χ1) is 13.6. The van der Waals surface area contributed by atoms with Crippen LogP contribution in [0.1, 0.15) is 10.4 Å². The molecule has 0 unspecified atom stereocenters. The largest absolute Gasteiger partial charge is 0.436 e. The van der Waals surface area contributed by atoms with Gasteiger partial charge in [0.25, 0.3) is 5.91 Å². The highest BCUT2D eigenvalue weighted by Crippen LogP contribution is 2.30. The lowest BCUT2D eigenvalue weighted by atomic mass is 10.1. The maximum absolute atomic E-state index is 12.8. The van der Waals surface area contributed by atoms with E-state index in [1.165, 1.54) is 0 Å². The van der Waals surface area contributed by atoms with Crippen molar-refractivity contribution in [3.63, 3.8) is 0 Å². The first-order valence-corrected chi connectivity index (χ1v) is 9.65. The Kier molecular flexibility index (Phi) is 5.28. The van der Waals surface area contributed by atoms with E-state index in [1.54, 1.807) is 42.6 Å². The monoisotopic (exact) mass is 452 g/mol. The molecule has 0 atom stereocenters. The Bertz CT molecular complexity index is 1140. The summed E-state index contributed by atoms with van der Waals surface area (Å²) in [5, 5.41) is 3.48. The van der Waals surface area contributed by atoms with Crippen LogP contribution in [0.25, 0.3) is 22.8 Å². The van der Waals surface area contributed by atoms with Crippen molar-refractivity contribution in [1.82, 2.24) is 4.98 Å². The van der Waals surface area contributed by atoms with Crippen LogP contribution in [0.2, 0.25) is 5.02 Å². The molecule has 28 heavy (non-hydrogen) atoms. The molecule has 0 aliphatic rings. The van der Waals surface area contributed by atoms with Gasteiger partial charge in [-0.05, 0) is 48.5 Å². The van der Waals surface area contributed by atoms with Crippen LogP contribution in [0.15, 0.2) is 87.9 Å². The van der Waals surface area contributed by atoms with E-state index in [0.717, 1.165) is 10.0 Å². The molecule has 0 saturated heterocycles. The third-order valence-electron chi connectivity index (χ3n) is 4.12. The van der Waals surface area contributed by atoms with Gasteiger partial charge in [-0.2, -0.15) is 0 Å². The third-order valence-corrected chi connectivity index (χ3v) is 4.86. The Morgan fingerprint density at radius 1 is 1.00 bits per heavy atom.